The van der Waals surface area contributed by atoms with Crippen molar-refractivity contribution in [3.63, 3.8) is 0 Å². The lowest BCUT2D eigenvalue weighted by Crippen LogP contribution is -2.51. The molecule has 3 unspecified atom stereocenters. The van der Waals surface area contributed by atoms with Crippen molar-refractivity contribution in [2.75, 3.05) is 13.6 Å². The minimum Gasteiger partial charge on any atom is -0.457 e. The van der Waals surface area contributed by atoms with Gasteiger partial charge < -0.3 is 4.74 Å². The second-order valence-corrected chi connectivity index (χ2v) is 5.60. The average molecular weight is 264 g/mol. The van der Waals surface area contributed by atoms with Gasteiger partial charge in [0.15, 0.2) is 0 Å². The second-order valence-electron chi connectivity index (χ2n) is 5.60. The molecule has 19 heavy (non-hydrogen) atoms. The number of hydrogen-bond acceptors (Lipinski definition) is 4. The molecule has 1 aliphatic heterocycles. The number of ether oxygens (including phenoxy) is 1. The number of allylic oxidation sites excluding steroid dienone is 2. The summed E-state index contributed by atoms with van der Waals surface area (Å²) >= 11 is 0. The Hall–Kier alpha value is -1.13. The van der Waals surface area contributed by atoms with Crippen LogP contribution in [0.2, 0.25) is 0 Å². The van der Waals surface area contributed by atoms with Crippen molar-refractivity contribution in [2.24, 2.45) is 5.92 Å². The summed E-state index contributed by atoms with van der Waals surface area (Å²) in [6.45, 7) is 5.10. The fraction of sp³-hybridized carbons (Fsp3) is 0.667. The molecule has 0 aromatic rings. The van der Waals surface area contributed by atoms with Crippen molar-refractivity contribution >= 4 is 5.97 Å². The molecule has 0 bridgehead atoms. The van der Waals surface area contributed by atoms with E-state index in [0.29, 0.717) is 5.92 Å². The van der Waals surface area contributed by atoms with Gasteiger partial charge in [-0.15, -0.1) is 0 Å². The number of rotatable bonds is 3. The highest BCUT2D eigenvalue weighted by atomic mass is 16.5. The van der Waals surface area contributed by atoms with Crippen LogP contribution in [0.5, 0.6) is 0 Å². The number of esters is 1. The average Bonchev–Trinajstić information content (AvgIpc) is 2.39. The summed E-state index contributed by atoms with van der Waals surface area (Å²) in [5.41, 5.74) is 4.26. The van der Waals surface area contributed by atoms with Crippen molar-refractivity contribution in [1.82, 2.24) is 10.4 Å². The number of hydrazine groups is 1. The third kappa shape index (κ3) is 3.91. The van der Waals surface area contributed by atoms with Crippen LogP contribution < -0.4 is 5.43 Å². The van der Waals surface area contributed by atoms with Crippen molar-refractivity contribution < 1.29 is 9.53 Å². The SMILES string of the molecule is CC1C=CC(C(C)OC(=O)C2CCCN(C)N2)=CC1. The highest BCUT2D eigenvalue weighted by Crippen LogP contribution is 2.20. The summed E-state index contributed by atoms with van der Waals surface area (Å²) in [5.74, 6) is 0.437. The van der Waals surface area contributed by atoms with Gasteiger partial charge in [0.1, 0.15) is 12.1 Å². The van der Waals surface area contributed by atoms with Gasteiger partial charge in [-0.1, -0.05) is 25.2 Å². The van der Waals surface area contributed by atoms with Crippen LogP contribution in [0.1, 0.15) is 33.1 Å². The Morgan fingerprint density at radius 1 is 1.58 bits per heavy atom. The quantitative estimate of drug-likeness (QED) is 0.792. The van der Waals surface area contributed by atoms with Crippen LogP contribution in [0, 0.1) is 5.92 Å². The zero-order chi connectivity index (χ0) is 13.8. The van der Waals surface area contributed by atoms with E-state index < -0.39 is 0 Å². The monoisotopic (exact) mass is 264 g/mol. The predicted octanol–water partition coefficient (Wildman–Crippen LogP) is 2.04. The molecule has 1 N–H and O–H groups in total. The summed E-state index contributed by atoms with van der Waals surface area (Å²) in [5, 5.41) is 1.96. The summed E-state index contributed by atoms with van der Waals surface area (Å²) in [4.78, 5) is 12.1. The van der Waals surface area contributed by atoms with Crippen LogP contribution in [0.25, 0.3) is 0 Å². The van der Waals surface area contributed by atoms with E-state index >= 15 is 0 Å². The summed E-state index contributed by atoms with van der Waals surface area (Å²) in [6, 6.07) is -0.201. The summed E-state index contributed by atoms with van der Waals surface area (Å²) in [6.07, 6.45) is 9.16. The van der Waals surface area contributed by atoms with E-state index in [1.165, 1.54) is 0 Å². The fourth-order valence-corrected chi connectivity index (χ4v) is 2.47. The van der Waals surface area contributed by atoms with Crippen molar-refractivity contribution in [3.05, 3.63) is 23.8 Å². The first-order valence-electron chi connectivity index (χ1n) is 7.12. The summed E-state index contributed by atoms with van der Waals surface area (Å²) in [7, 11) is 1.96. The molecule has 1 fully saturated rings. The maximum absolute atomic E-state index is 12.1. The second kappa shape index (κ2) is 6.35. The molecule has 4 heteroatoms. The molecule has 0 spiro atoms. The first kappa shape index (κ1) is 14.3. The molecule has 0 radical (unpaired) electrons. The first-order chi connectivity index (χ1) is 9.06. The van der Waals surface area contributed by atoms with E-state index in [-0.39, 0.29) is 18.1 Å². The lowest BCUT2D eigenvalue weighted by atomic mass is 9.96. The van der Waals surface area contributed by atoms with Gasteiger partial charge in [-0.2, -0.15) is 0 Å². The van der Waals surface area contributed by atoms with Gasteiger partial charge >= 0.3 is 5.97 Å². The number of carbonyl (C=O) groups excluding carboxylic acids is 1. The Kier molecular flexibility index (Phi) is 4.77. The third-order valence-corrected chi connectivity index (χ3v) is 3.75. The van der Waals surface area contributed by atoms with E-state index in [4.69, 9.17) is 4.74 Å². The molecule has 0 saturated carbocycles. The molecule has 0 aromatic carbocycles. The Morgan fingerprint density at radius 2 is 2.37 bits per heavy atom. The minimum absolute atomic E-state index is 0.146. The zero-order valence-corrected chi connectivity index (χ0v) is 12.1. The molecule has 106 valence electrons. The predicted molar refractivity (Wildman–Crippen MR) is 75.3 cm³/mol. The van der Waals surface area contributed by atoms with Crippen LogP contribution in [0.3, 0.4) is 0 Å². The largest absolute Gasteiger partial charge is 0.457 e. The molecule has 1 heterocycles. The van der Waals surface area contributed by atoms with Crippen molar-refractivity contribution in [2.45, 2.75) is 45.3 Å². The standard InChI is InChI=1S/C15H24N2O2/c1-11-6-8-13(9-7-11)12(2)19-15(18)14-5-4-10-17(3)16-14/h6,8-9,11-12,14,16H,4-5,7,10H2,1-3H3. The molecular weight excluding hydrogens is 240 g/mol. The Bertz CT molecular complexity index is 390. The maximum atomic E-state index is 12.1. The molecule has 1 saturated heterocycles. The smallest absolute Gasteiger partial charge is 0.325 e. The van der Waals surface area contributed by atoms with Gasteiger partial charge in [0.2, 0.25) is 0 Å². The van der Waals surface area contributed by atoms with Crippen LogP contribution in [0.4, 0.5) is 0 Å². The molecule has 3 atom stereocenters. The summed E-state index contributed by atoms with van der Waals surface area (Å²) < 4.78 is 5.57. The molecule has 0 aromatic heterocycles. The molecule has 0 amide bonds. The lowest BCUT2D eigenvalue weighted by Gasteiger charge is -2.30. The number of hydrogen-bond donors (Lipinski definition) is 1. The van der Waals surface area contributed by atoms with Crippen LogP contribution >= 0.6 is 0 Å². The molecule has 2 aliphatic rings. The van der Waals surface area contributed by atoms with Crippen molar-refractivity contribution in [1.29, 1.82) is 0 Å². The van der Waals surface area contributed by atoms with Gasteiger partial charge in [-0.25, -0.2) is 10.4 Å². The highest BCUT2D eigenvalue weighted by Gasteiger charge is 2.26. The molecule has 1 aliphatic carbocycles. The van der Waals surface area contributed by atoms with E-state index in [0.717, 1.165) is 31.4 Å². The molecule has 2 rings (SSSR count). The molecular formula is C15H24N2O2. The number of carbonyl (C=O) groups is 1. The van der Waals surface area contributed by atoms with E-state index in [1.807, 2.05) is 19.0 Å². The number of nitrogens with one attached hydrogen (secondary N) is 1. The lowest BCUT2D eigenvalue weighted by molar-refractivity contribution is -0.151. The zero-order valence-electron chi connectivity index (χ0n) is 12.1. The maximum Gasteiger partial charge on any atom is 0.325 e. The number of nitrogens with zero attached hydrogens (tertiary/aromatic N) is 1. The minimum atomic E-state index is -0.201. The third-order valence-electron chi connectivity index (χ3n) is 3.75. The van der Waals surface area contributed by atoms with Crippen LogP contribution in [-0.4, -0.2) is 36.7 Å². The Labute approximate surface area is 115 Å². The van der Waals surface area contributed by atoms with Gasteiger partial charge in [-0.05, 0) is 37.7 Å². The van der Waals surface area contributed by atoms with Gasteiger partial charge in [0, 0.05) is 13.6 Å². The van der Waals surface area contributed by atoms with Crippen LogP contribution in [0.15, 0.2) is 23.8 Å². The first-order valence-corrected chi connectivity index (χ1v) is 7.12. The van der Waals surface area contributed by atoms with E-state index in [2.05, 4.69) is 30.6 Å². The van der Waals surface area contributed by atoms with E-state index in [9.17, 15) is 4.79 Å². The Morgan fingerprint density at radius 3 is 3.00 bits per heavy atom. The fourth-order valence-electron chi connectivity index (χ4n) is 2.47. The normalized spacial score (nSPS) is 29.7. The highest BCUT2D eigenvalue weighted by molar-refractivity contribution is 5.76. The van der Waals surface area contributed by atoms with Crippen molar-refractivity contribution in [3.8, 4) is 0 Å². The van der Waals surface area contributed by atoms with Gasteiger partial charge in [0.05, 0.1) is 0 Å². The van der Waals surface area contributed by atoms with Gasteiger partial charge in [0.25, 0.3) is 0 Å². The van der Waals surface area contributed by atoms with E-state index in [1.54, 1.807) is 0 Å². The van der Waals surface area contributed by atoms with Crippen LogP contribution in [-0.2, 0) is 9.53 Å². The topological polar surface area (TPSA) is 41.6 Å². The Balaban J connectivity index is 1.86. The molecule has 4 nitrogen and oxygen atoms in total. The van der Waals surface area contributed by atoms with Gasteiger partial charge in [-0.3, -0.25) is 4.79 Å².